The number of anilines is 3. The molecule has 4 aromatic carbocycles. The summed E-state index contributed by atoms with van der Waals surface area (Å²) in [5.74, 6) is -3.09. The minimum Gasteiger partial charge on any atom is -0.506 e. The Bertz CT molecular complexity index is 3150. The first-order valence-electron chi connectivity index (χ1n) is 17.0. The summed E-state index contributed by atoms with van der Waals surface area (Å²) in [6.45, 7) is 2.83. The molecular weight excluding hydrogens is 989 g/mol. The largest absolute Gasteiger partial charge is 0.506 e. The summed E-state index contributed by atoms with van der Waals surface area (Å²) in [6, 6.07) is 7.37. The Labute approximate surface area is 372 Å². The number of benzene rings is 4. The third-order valence-corrected chi connectivity index (χ3v) is 12.0. The van der Waals surface area contributed by atoms with Crippen LogP contribution in [0.15, 0.2) is 95.7 Å². The van der Waals surface area contributed by atoms with Crippen molar-refractivity contribution >= 4 is 91.3 Å². The van der Waals surface area contributed by atoms with Crippen LogP contribution >= 0.6 is 0 Å². The molecular formula is C33H32CuFN9O16S4. The fourth-order valence-corrected chi connectivity index (χ4v) is 7.75. The normalized spacial score (nSPS) is 12.3. The number of halogens is 1. The van der Waals surface area contributed by atoms with Crippen molar-refractivity contribution in [2.75, 3.05) is 50.4 Å². The van der Waals surface area contributed by atoms with Gasteiger partial charge in [-0.3, -0.25) is 13.7 Å². The predicted molar refractivity (Wildman–Crippen MR) is 217 cm³/mol. The monoisotopic (exact) mass is 1020 g/mol. The maximum Gasteiger partial charge on any atom is 0.315 e. The first-order chi connectivity index (χ1) is 29.4. The van der Waals surface area contributed by atoms with Gasteiger partial charge in [0.2, 0.25) is 11.9 Å². The van der Waals surface area contributed by atoms with Crippen molar-refractivity contribution in [3.05, 3.63) is 66.6 Å². The number of hydrogen-bond donors (Lipinski definition) is 7. The van der Waals surface area contributed by atoms with E-state index in [-0.39, 0.29) is 65.5 Å². The number of ether oxygens (including phenoxy) is 3. The van der Waals surface area contributed by atoms with Gasteiger partial charge in [0, 0.05) is 51.9 Å². The predicted octanol–water partition coefficient (Wildman–Crippen LogP) is 4.89. The van der Waals surface area contributed by atoms with E-state index < -0.39 is 112 Å². The van der Waals surface area contributed by atoms with Gasteiger partial charge in [-0.2, -0.15) is 44.6 Å². The van der Waals surface area contributed by atoms with Crippen LogP contribution in [-0.2, 0) is 62.0 Å². The smallest absolute Gasteiger partial charge is 0.315 e. The first-order valence-corrected chi connectivity index (χ1v) is 23.0. The molecule has 25 nitrogen and oxygen atoms in total. The molecule has 0 amide bonds. The molecule has 0 saturated heterocycles. The number of methoxy groups -OCH3 is 2. The van der Waals surface area contributed by atoms with Gasteiger partial charge < -0.3 is 35.1 Å². The first kappa shape index (κ1) is 50.6. The van der Waals surface area contributed by atoms with Crippen LogP contribution in [0.25, 0.3) is 10.8 Å². The van der Waals surface area contributed by atoms with Gasteiger partial charge in [0.1, 0.15) is 38.3 Å². The summed E-state index contributed by atoms with van der Waals surface area (Å²) in [6.07, 6.45) is -1.38. The Morgan fingerprint density at radius 1 is 0.734 bits per heavy atom. The van der Waals surface area contributed by atoms with Crippen molar-refractivity contribution in [3.8, 4) is 23.0 Å². The average molecular weight is 1020 g/mol. The van der Waals surface area contributed by atoms with Gasteiger partial charge in [-0.1, -0.05) is 6.58 Å². The summed E-state index contributed by atoms with van der Waals surface area (Å²) < 4.78 is 158. The third kappa shape index (κ3) is 12.4. The molecule has 0 saturated carbocycles. The van der Waals surface area contributed by atoms with E-state index in [0.717, 1.165) is 41.8 Å². The van der Waals surface area contributed by atoms with Crippen molar-refractivity contribution in [1.29, 1.82) is 0 Å². The number of rotatable bonds is 19. The van der Waals surface area contributed by atoms with Crippen LogP contribution in [0, 0.1) is 6.08 Å². The van der Waals surface area contributed by atoms with Crippen molar-refractivity contribution in [1.82, 2.24) is 15.0 Å². The number of sulfone groups is 1. The Hall–Kier alpha value is -6.02. The molecule has 1 radical (unpaired) electrons. The second-order valence-electron chi connectivity index (χ2n) is 12.2. The van der Waals surface area contributed by atoms with Crippen LogP contribution in [0.5, 0.6) is 23.0 Å². The van der Waals surface area contributed by atoms with Gasteiger partial charge in [-0.25, -0.2) is 8.42 Å². The van der Waals surface area contributed by atoms with Crippen molar-refractivity contribution in [2.24, 2.45) is 20.5 Å². The van der Waals surface area contributed by atoms with Gasteiger partial charge in [0.25, 0.3) is 30.4 Å². The zero-order valence-corrected chi connectivity index (χ0v) is 36.6. The molecule has 0 spiro atoms. The van der Waals surface area contributed by atoms with E-state index in [9.17, 15) is 61.9 Å². The maximum atomic E-state index is 14.5. The number of hydrogen-bond acceptors (Lipinski definition) is 22. The van der Waals surface area contributed by atoms with E-state index in [4.69, 9.17) is 14.2 Å². The van der Waals surface area contributed by atoms with E-state index in [1.54, 1.807) is 0 Å². The summed E-state index contributed by atoms with van der Waals surface area (Å²) in [5.41, 5.74) is -2.64. The number of nitrogens with zero attached hydrogens (tertiary/aromatic N) is 7. The Morgan fingerprint density at radius 2 is 1.34 bits per heavy atom. The van der Waals surface area contributed by atoms with Crippen molar-refractivity contribution in [2.45, 2.75) is 14.7 Å². The molecule has 0 bridgehead atoms. The fraction of sp³-hybridized carbons (Fsp3) is 0.182. The second kappa shape index (κ2) is 20.2. The maximum absolute atomic E-state index is 14.5. The third-order valence-electron chi connectivity index (χ3n) is 8.12. The quantitative estimate of drug-likeness (QED) is 0.0250. The van der Waals surface area contributed by atoms with Gasteiger partial charge in [-0.15, -0.1) is 20.5 Å². The molecule has 1 heterocycles. The van der Waals surface area contributed by atoms with Crippen LogP contribution in [0.1, 0.15) is 0 Å². The van der Waals surface area contributed by atoms with E-state index in [0.29, 0.717) is 6.07 Å². The van der Waals surface area contributed by atoms with E-state index in [1.165, 1.54) is 20.3 Å². The van der Waals surface area contributed by atoms with Crippen LogP contribution < -0.4 is 20.1 Å². The summed E-state index contributed by atoms with van der Waals surface area (Å²) in [7, 11) is -16.6. The average Bonchev–Trinajstić information content (AvgIpc) is 3.19. The molecule has 0 aliphatic carbocycles. The Kier molecular flexibility index (Phi) is 16.0. The van der Waals surface area contributed by atoms with E-state index >= 15 is 0 Å². The van der Waals surface area contributed by atoms with Gasteiger partial charge in [-0.05, 0) is 36.4 Å². The van der Waals surface area contributed by atoms with E-state index in [2.05, 4.69) is 52.6 Å². The number of aromatic hydroxyl groups is 2. The molecule has 31 heteroatoms. The molecule has 347 valence electrons. The van der Waals surface area contributed by atoms with E-state index in [1.807, 2.05) is 0 Å². The van der Waals surface area contributed by atoms with Crippen LogP contribution in [0.2, 0.25) is 0 Å². The summed E-state index contributed by atoms with van der Waals surface area (Å²) >= 11 is 0. The number of phenols is 2. The number of phenolic OH excluding ortho intramolecular Hbond substituents is 2. The molecule has 5 aromatic rings. The zero-order valence-electron chi connectivity index (χ0n) is 32.4. The molecule has 1 aromatic heterocycles. The molecule has 0 unspecified atom stereocenters. The zero-order chi connectivity index (χ0) is 46.5. The SMILES string of the molecule is C=CS(=O)(=O)CCOCCNc1nc(F)nc(Nc2ccc3c(O)c(N=Nc4cc(OC)c(OC)cc4N=Nc4cc(S(=O)(=O)O)ccc4O)c(S(=O)(=O)O)cc3c2S(=O)(=O)O)n1.[Cu]. The number of azo groups is 2. The minimum atomic E-state index is -5.45. The van der Waals surface area contributed by atoms with Gasteiger partial charge >= 0.3 is 6.08 Å². The van der Waals surface area contributed by atoms with Gasteiger partial charge in [0.15, 0.2) is 27.1 Å². The molecule has 0 atom stereocenters. The molecule has 0 aliphatic rings. The minimum absolute atomic E-state index is 0. The molecule has 0 aliphatic heterocycles. The topological polar surface area (TPSA) is 378 Å². The van der Waals surface area contributed by atoms with Crippen LogP contribution in [0.3, 0.4) is 0 Å². The van der Waals surface area contributed by atoms with Gasteiger partial charge in [0.05, 0.1) is 43.8 Å². The summed E-state index contributed by atoms with van der Waals surface area (Å²) in [5, 5.41) is 41.6. The Morgan fingerprint density at radius 3 is 1.92 bits per heavy atom. The molecule has 64 heavy (non-hydrogen) atoms. The molecule has 7 N–H and O–H groups in total. The van der Waals surface area contributed by atoms with Crippen LogP contribution in [-0.4, -0.2) is 112 Å². The number of fused-ring (bicyclic) bond motifs is 1. The standard InChI is InChI=1S/C33H32FN9O16S4.Cu/c1-4-60(46,47)12-11-59-10-9-35-32-37-31(34)38-33(39-32)36-20-7-6-18-19(30(20)63(54,55)56)14-27(62(51,52)53)28(29(18)45)43-41-22-16-26(58-3)25(57-2)15-21(22)40-42-23-13-17(61(48,49)50)5-8-24(23)44;/h4-8,13-16,44-45H,1,9-12H2,2-3H3,(H,48,49,50)(H,51,52,53)(H,54,55,56)(H2,35,36,37,38,39);. The molecule has 5 rings (SSSR count). The fourth-order valence-electron chi connectivity index (χ4n) is 5.24. The van der Waals surface area contributed by atoms with Crippen molar-refractivity contribution < 1.29 is 93.2 Å². The van der Waals surface area contributed by atoms with Crippen LogP contribution in [0.4, 0.5) is 44.7 Å². The number of aromatic nitrogens is 3. The van der Waals surface area contributed by atoms with Crippen molar-refractivity contribution in [3.63, 3.8) is 0 Å². The second-order valence-corrected chi connectivity index (χ2v) is 18.5. The number of nitrogens with one attached hydrogen (secondary N) is 2. The summed E-state index contributed by atoms with van der Waals surface area (Å²) in [4.78, 5) is 7.76. The Balaban J connectivity index is 0.00000898. The molecule has 0 fully saturated rings.